The van der Waals surface area contributed by atoms with Crippen molar-refractivity contribution in [2.45, 2.75) is 45.6 Å². The average Bonchev–Trinajstić information content (AvgIpc) is 2.86. The summed E-state index contributed by atoms with van der Waals surface area (Å²) in [6, 6.07) is 8.60. The molecule has 1 N–H and O–H groups in total. The van der Waals surface area contributed by atoms with Gasteiger partial charge in [0.05, 0.1) is 11.0 Å². The highest BCUT2D eigenvalue weighted by Crippen LogP contribution is 2.13. The van der Waals surface area contributed by atoms with Crippen LogP contribution in [-0.4, -0.2) is 57.9 Å². The monoisotopic (exact) mass is 328 g/mol. The molecule has 1 atom stereocenters. The molecule has 1 aliphatic heterocycles. The molecule has 24 heavy (non-hydrogen) atoms. The average molecular weight is 328 g/mol. The Morgan fingerprint density at radius 3 is 2.88 bits per heavy atom. The van der Waals surface area contributed by atoms with Gasteiger partial charge >= 0.3 is 0 Å². The summed E-state index contributed by atoms with van der Waals surface area (Å²) in [6.45, 7) is 8.33. The van der Waals surface area contributed by atoms with E-state index in [0.717, 1.165) is 49.5 Å². The Bertz CT molecular complexity index is 648. The standard InChI is InChI=1S/C19H28N4O/c1-3-15(2)22-11-6-12-23(14-13-22)19(24)10-9-18-20-16-7-4-5-8-17(16)21-18/h4-5,7-8,15H,3,6,9-14H2,1-2H3,(H,20,21). The van der Waals surface area contributed by atoms with Crippen LogP contribution < -0.4 is 0 Å². The third kappa shape index (κ3) is 3.96. The number of nitrogens with zero attached hydrogens (tertiary/aromatic N) is 3. The van der Waals surface area contributed by atoms with Crippen LogP contribution in [0.15, 0.2) is 24.3 Å². The molecule has 1 aliphatic rings. The molecule has 1 amide bonds. The van der Waals surface area contributed by atoms with Gasteiger partial charge < -0.3 is 9.88 Å². The van der Waals surface area contributed by atoms with Crippen molar-refractivity contribution in [1.29, 1.82) is 0 Å². The maximum Gasteiger partial charge on any atom is 0.223 e. The van der Waals surface area contributed by atoms with Crippen LogP contribution in [0.5, 0.6) is 0 Å². The number of H-pyrrole nitrogens is 1. The van der Waals surface area contributed by atoms with Crippen molar-refractivity contribution in [2.24, 2.45) is 0 Å². The van der Waals surface area contributed by atoms with Crippen LogP contribution in [-0.2, 0) is 11.2 Å². The SMILES string of the molecule is CCC(C)N1CCCN(C(=O)CCc2nc3ccccc3[nH]2)CC1. The van der Waals surface area contributed by atoms with Gasteiger partial charge in [-0.2, -0.15) is 0 Å². The number of aromatic amines is 1. The number of carbonyl (C=O) groups is 1. The quantitative estimate of drug-likeness (QED) is 0.918. The first-order valence-electron chi connectivity index (χ1n) is 9.13. The second kappa shape index (κ2) is 7.79. The van der Waals surface area contributed by atoms with Gasteiger partial charge in [0, 0.05) is 45.1 Å². The minimum absolute atomic E-state index is 0.251. The predicted octanol–water partition coefficient (Wildman–Crippen LogP) is 2.83. The van der Waals surface area contributed by atoms with Crippen LogP contribution in [0.25, 0.3) is 11.0 Å². The minimum Gasteiger partial charge on any atom is -0.342 e. The lowest BCUT2D eigenvalue weighted by Crippen LogP contribution is -2.38. The number of imidazole rings is 1. The van der Waals surface area contributed by atoms with Crippen molar-refractivity contribution in [3.63, 3.8) is 0 Å². The Morgan fingerprint density at radius 2 is 2.08 bits per heavy atom. The molecule has 1 fully saturated rings. The summed E-state index contributed by atoms with van der Waals surface area (Å²) in [5, 5.41) is 0. The topological polar surface area (TPSA) is 52.2 Å². The highest BCUT2D eigenvalue weighted by Gasteiger charge is 2.21. The largest absolute Gasteiger partial charge is 0.342 e. The lowest BCUT2D eigenvalue weighted by Gasteiger charge is -2.26. The second-order valence-corrected chi connectivity index (χ2v) is 6.73. The van der Waals surface area contributed by atoms with Crippen molar-refractivity contribution in [2.75, 3.05) is 26.2 Å². The molecule has 0 bridgehead atoms. The first-order valence-corrected chi connectivity index (χ1v) is 9.13. The third-order valence-corrected chi connectivity index (χ3v) is 5.11. The van der Waals surface area contributed by atoms with Gasteiger partial charge in [-0.05, 0) is 31.9 Å². The Hall–Kier alpha value is -1.88. The number of nitrogens with one attached hydrogen (secondary N) is 1. The van der Waals surface area contributed by atoms with E-state index in [1.165, 1.54) is 6.42 Å². The molecule has 130 valence electrons. The van der Waals surface area contributed by atoms with E-state index in [-0.39, 0.29) is 5.91 Å². The fraction of sp³-hybridized carbons (Fsp3) is 0.579. The lowest BCUT2D eigenvalue weighted by atomic mass is 10.2. The molecular formula is C19H28N4O. The molecule has 0 aliphatic carbocycles. The number of rotatable bonds is 5. The fourth-order valence-corrected chi connectivity index (χ4v) is 3.39. The van der Waals surface area contributed by atoms with Gasteiger partial charge in [0.2, 0.25) is 5.91 Å². The summed E-state index contributed by atoms with van der Waals surface area (Å²) >= 11 is 0. The van der Waals surface area contributed by atoms with E-state index < -0.39 is 0 Å². The molecule has 0 spiro atoms. The number of carbonyl (C=O) groups excluding carboxylic acids is 1. The molecule has 0 radical (unpaired) electrons. The third-order valence-electron chi connectivity index (χ3n) is 5.11. The van der Waals surface area contributed by atoms with Crippen molar-refractivity contribution < 1.29 is 4.79 Å². The number of benzene rings is 1. The summed E-state index contributed by atoms with van der Waals surface area (Å²) in [5.74, 6) is 1.15. The smallest absolute Gasteiger partial charge is 0.223 e. The van der Waals surface area contributed by atoms with Gasteiger partial charge in [-0.1, -0.05) is 19.1 Å². The number of aryl methyl sites for hydroxylation is 1. The van der Waals surface area contributed by atoms with E-state index in [9.17, 15) is 4.79 Å². The molecule has 0 saturated carbocycles. The lowest BCUT2D eigenvalue weighted by molar-refractivity contribution is -0.131. The minimum atomic E-state index is 0.251. The Labute approximate surface area is 144 Å². The van der Waals surface area contributed by atoms with Gasteiger partial charge in [-0.3, -0.25) is 9.69 Å². The molecule has 3 rings (SSSR count). The molecule has 2 heterocycles. The van der Waals surface area contributed by atoms with Gasteiger partial charge in [0.25, 0.3) is 0 Å². The Morgan fingerprint density at radius 1 is 1.25 bits per heavy atom. The van der Waals surface area contributed by atoms with E-state index in [4.69, 9.17) is 0 Å². The number of hydrogen-bond donors (Lipinski definition) is 1. The molecule has 5 heteroatoms. The van der Waals surface area contributed by atoms with Gasteiger partial charge in [-0.25, -0.2) is 4.98 Å². The maximum absolute atomic E-state index is 12.6. The molecular weight excluding hydrogens is 300 g/mol. The van der Waals surface area contributed by atoms with Crippen molar-refractivity contribution in [1.82, 2.24) is 19.8 Å². The highest BCUT2D eigenvalue weighted by atomic mass is 16.2. The summed E-state index contributed by atoms with van der Waals surface area (Å²) < 4.78 is 0. The van der Waals surface area contributed by atoms with Crippen LogP contribution in [0.4, 0.5) is 0 Å². The van der Waals surface area contributed by atoms with Gasteiger partial charge in [0.15, 0.2) is 0 Å². The van der Waals surface area contributed by atoms with Crippen LogP contribution in [0.3, 0.4) is 0 Å². The zero-order chi connectivity index (χ0) is 16.9. The normalized spacial score (nSPS) is 17.8. The number of aromatic nitrogens is 2. The van der Waals surface area contributed by atoms with Crippen molar-refractivity contribution >= 4 is 16.9 Å². The van der Waals surface area contributed by atoms with Crippen molar-refractivity contribution in [3.05, 3.63) is 30.1 Å². The first-order chi connectivity index (χ1) is 11.7. The maximum atomic E-state index is 12.6. The zero-order valence-electron chi connectivity index (χ0n) is 14.8. The number of hydrogen-bond acceptors (Lipinski definition) is 3. The van der Waals surface area contributed by atoms with Gasteiger partial charge in [0.1, 0.15) is 5.82 Å². The molecule has 1 unspecified atom stereocenters. The second-order valence-electron chi connectivity index (χ2n) is 6.73. The molecule has 1 aromatic heterocycles. The molecule has 2 aromatic rings. The predicted molar refractivity (Wildman–Crippen MR) is 96.9 cm³/mol. The van der Waals surface area contributed by atoms with Crippen LogP contribution in [0.1, 0.15) is 38.9 Å². The number of amides is 1. The van der Waals surface area contributed by atoms with Crippen LogP contribution >= 0.6 is 0 Å². The number of para-hydroxylation sites is 2. The van der Waals surface area contributed by atoms with E-state index in [1.807, 2.05) is 29.2 Å². The Kier molecular flexibility index (Phi) is 5.51. The number of fused-ring (bicyclic) bond motifs is 1. The summed E-state index contributed by atoms with van der Waals surface area (Å²) in [5.41, 5.74) is 2.01. The molecule has 1 aromatic carbocycles. The van der Waals surface area contributed by atoms with Crippen molar-refractivity contribution in [3.8, 4) is 0 Å². The summed E-state index contributed by atoms with van der Waals surface area (Å²) in [4.78, 5) is 25.0. The highest BCUT2D eigenvalue weighted by molar-refractivity contribution is 5.77. The summed E-state index contributed by atoms with van der Waals surface area (Å²) in [6.07, 6.45) is 3.45. The fourth-order valence-electron chi connectivity index (χ4n) is 3.39. The molecule has 1 saturated heterocycles. The summed E-state index contributed by atoms with van der Waals surface area (Å²) in [7, 11) is 0. The Balaban J connectivity index is 1.53. The van der Waals surface area contributed by atoms with Crippen LogP contribution in [0.2, 0.25) is 0 Å². The first kappa shape index (κ1) is 17.0. The van der Waals surface area contributed by atoms with Gasteiger partial charge in [-0.15, -0.1) is 0 Å². The van der Waals surface area contributed by atoms with E-state index in [1.54, 1.807) is 0 Å². The molecule has 5 nitrogen and oxygen atoms in total. The zero-order valence-corrected chi connectivity index (χ0v) is 14.8. The van der Waals surface area contributed by atoms with Crippen LogP contribution in [0, 0.1) is 0 Å². The van der Waals surface area contributed by atoms with E-state index in [2.05, 4.69) is 28.7 Å². The van der Waals surface area contributed by atoms with E-state index >= 15 is 0 Å². The van der Waals surface area contributed by atoms with E-state index in [0.29, 0.717) is 18.9 Å².